The fourth-order valence-corrected chi connectivity index (χ4v) is 2.40. The van der Waals surface area contributed by atoms with E-state index in [0.717, 1.165) is 12.3 Å². The van der Waals surface area contributed by atoms with Crippen molar-refractivity contribution in [2.75, 3.05) is 6.61 Å². The lowest BCUT2D eigenvalue weighted by Gasteiger charge is -2.05. The lowest BCUT2D eigenvalue weighted by molar-refractivity contribution is -0.385. The third kappa shape index (κ3) is 3.25. The highest BCUT2D eigenvalue weighted by Crippen LogP contribution is 2.33. The largest absolute Gasteiger partial charge is 0.487 e. The Bertz CT molecular complexity index is 951. The Morgan fingerprint density at radius 2 is 2.00 bits per heavy atom. The van der Waals surface area contributed by atoms with E-state index in [2.05, 4.69) is 4.98 Å². The van der Waals surface area contributed by atoms with Gasteiger partial charge in [0.25, 0.3) is 0 Å². The molecule has 3 rings (SSSR count). The molecule has 0 aliphatic heterocycles. The summed E-state index contributed by atoms with van der Waals surface area (Å²) in [5.74, 6) is 0.124. The first-order valence-electron chi connectivity index (χ1n) is 7.27. The van der Waals surface area contributed by atoms with E-state index >= 15 is 0 Å². The number of rotatable bonds is 4. The van der Waals surface area contributed by atoms with Crippen LogP contribution in [0.5, 0.6) is 5.75 Å². The van der Waals surface area contributed by atoms with Gasteiger partial charge in [0, 0.05) is 24.0 Å². The van der Waals surface area contributed by atoms with E-state index in [4.69, 9.17) is 4.74 Å². The van der Waals surface area contributed by atoms with Gasteiger partial charge in [-0.15, -0.1) is 0 Å². The highest BCUT2D eigenvalue weighted by Gasteiger charge is 2.31. The molecule has 0 N–H and O–H groups in total. The van der Waals surface area contributed by atoms with Crippen LogP contribution in [-0.4, -0.2) is 20.9 Å². The van der Waals surface area contributed by atoms with Crippen molar-refractivity contribution in [2.24, 2.45) is 0 Å². The van der Waals surface area contributed by atoms with Gasteiger partial charge in [0.1, 0.15) is 5.65 Å². The first-order valence-corrected chi connectivity index (χ1v) is 7.27. The van der Waals surface area contributed by atoms with Crippen LogP contribution in [0.2, 0.25) is 0 Å². The van der Waals surface area contributed by atoms with Crippen LogP contribution >= 0.6 is 0 Å². The van der Waals surface area contributed by atoms with Crippen LogP contribution in [0.25, 0.3) is 16.9 Å². The van der Waals surface area contributed by atoms with Gasteiger partial charge < -0.3 is 9.14 Å². The number of hydrogen-bond acceptors (Lipinski definition) is 4. The van der Waals surface area contributed by atoms with E-state index in [-0.39, 0.29) is 18.0 Å². The van der Waals surface area contributed by atoms with E-state index in [0.29, 0.717) is 16.9 Å². The van der Waals surface area contributed by atoms with Gasteiger partial charge in [0.15, 0.2) is 5.75 Å². The quantitative estimate of drug-likeness (QED) is 0.518. The minimum absolute atomic E-state index is 0.124. The highest BCUT2D eigenvalue weighted by atomic mass is 19.4. The molecule has 0 saturated carbocycles. The van der Waals surface area contributed by atoms with Crippen molar-refractivity contribution >= 4 is 11.3 Å². The van der Waals surface area contributed by atoms with Crippen molar-refractivity contribution in [1.29, 1.82) is 0 Å². The molecule has 0 fully saturated rings. The van der Waals surface area contributed by atoms with Gasteiger partial charge in [0.2, 0.25) is 0 Å². The monoisotopic (exact) mass is 351 g/mol. The number of nitro benzene ring substituents is 1. The van der Waals surface area contributed by atoms with Crippen LogP contribution < -0.4 is 4.74 Å². The van der Waals surface area contributed by atoms with Crippen LogP contribution in [-0.2, 0) is 6.18 Å². The minimum Gasteiger partial charge on any atom is -0.487 e. The summed E-state index contributed by atoms with van der Waals surface area (Å²) in [6, 6.07) is 6.49. The maximum absolute atomic E-state index is 12.8. The topological polar surface area (TPSA) is 69.7 Å². The van der Waals surface area contributed by atoms with Gasteiger partial charge in [-0.2, -0.15) is 13.2 Å². The number of aromatic nitrogens is 2. The van der Waals surface area contributed by atoms with Gasteiger partial charge in [-0.25, -0.2) is 4.98 Å². The third-order valence-electron chi connectivity index (χ3n) is 3.53. The van der Waals surface area contributed by atoms with Crippen molar-refractivity contribution < 1.29 is 22.8 Å². The Morgan fingerprint density at radius 3 is 2.64 bits per heavy atom. The second kappa shape index (κ2) is 6.08. The predicted octanol–water partition coefficient (Wildman–Crippen LogP) is 4.33. The molecule has 0 unspecified atom stereocenters. The average Bonchev–Trinajstić information content (AvgIpc) is 2.97. The molecule has 0 aliphatic rings. The van der Waals surface area contributed by atoms with Crippen LogP contribution in [0, 0.1) is 10.1 Å². The number of hydrogen-bond donors (Lipinski definition) is 0. The molecule has 0 saturated heterocycles. The van der Waals surface area contributed by atoms with Crippen molar-refractivity contribution in [2.45, 2.75) is 13.1 Å². The number of benzene rings is 1. The van der Waals surface area contributed by atoms with Gasteiger partial charge in [-0.1, -0.05) is 0 Å². The first kappa shape index (κ1) is 16.7. The molecule has 2 heterocycles. The molecule has 0 spiro atoms. The number of halogens is 3. The number of alkyl halides is 3. The lowest BCUT2D eigenvalue weighted by Crippen LogP contribution is -2.05. The van der Waals surface area contributed by atoms with Gasteiger partial charge in [-0.3, -0.25) is 10.1 Å². The van der Waals surface area contributed by atoms with Crippen molar-refractivity contribution in [1.82, 2.24) is 9.38 Å². The number of imidazole rings is 1. The standard InChI is InChI=1S/C16H12F3N3O3/c1-2-25-14-5-3-10(7-13(14)22(23)24)12-9-21-8-11(16(17,18)19)4-6-15(21)20-12/h3-9H,2H2,1H3. The molecular weight excluding hydrogens is 339 g/mol. The zero-order chi connectivity index (χ0) is 18.2. The van der Waals surface area contributed by atoms with E-state index in [9.17, 15) is 23.3 Å². The van der Waals surface area contributed by atoms with E-state index in [1.54, 1.807) is 13.0 Å². The molecule has 130 valence electrons. The highest BCUT2D eigenvalue weighted by molar-refractivity contribution is 5.68. The van der Waals surface area contributed by atoms with Crippen LogP contribution in [0.15, 0.2) is 42.7 Å². The SMILES string of the molecule is CCOc1ccc(-c2cn3cc(C(F)(F)F)ccc3n2)cc1[N+](=O)[O-]. The maximum atomic E-state index is 12.8. The Labute approximate surface area is 139 Å². The van der Waals surface area contributed by atoms with Crippen molar-refractivity contribution in [3.05, 3.63) is 58.4 Å². The Balaban J connectivity index is 2.07. The summed E-state index contributed by atoms with van der Waals surface area (Å²) >= 11 is 0. The predicted molar refractivity (Wildman–Crippen MR) is 83.5 cm³/mol. The summed E-state index contributed by atoms with van der Waals surface area (Å²) in [6.07, 6.45) is -2.14. The number of pyridine rings is 1. The number of nitro groups is 1. The Hall–Kier alpha value is -3.10. The molecule has 1 aromatic carbocycles. The smallest absolute Gasteiger partial charge is 0.417 e. The molecule has 0 amide bonds. The zero-order valence-electron chi connectivity index (χ0n) is 12.9. The molecular formula is C16H12F3N3O3. The summed E-state index contributed by atoms with van der Waals surface area (Å²) < 4.78 is 44.8. The number of ether oxygens (including phenoxy) is 1. The van der Waals surface area contributed by atoms with Crippen molar-refractivity contribution in [3.63, 3.8) is 0 Å². The molecule has 3 aromatic rings. The molecule has 9 heteroatoms. The molecule has 25 heavy (non-hydrogen) atoms. The second-order valence-corrected chi connectivity index (χ2v) is 5.18. The molecule has 0 aliphatic carbocycles. The summed E-state index contributed by atoms with van der Waals surface area (Å²) in [7, 11) is 0. The lowest BCUT2D eigenvalue weighted by atomic mass is 10.1. The average molecular weight is 351 g/mol. The van der Waals surface area contributed by atoms with E-state index < -0.39 is 16.7 Å². The fourth-order valence-electron chi connectivity index (χ4n) is 2.40. The zero-order valence-corrected chi connectivity index (χ0v) is 12.9. The molecule has 2 aromatic heterocycles. The second-order valence-electron chi connectivity index (χ2n) is 5.18. The third-order valence-corrected chi connectivity index (χ3v) is 3.53. The molecule has 0 bridgehead atoms. The van der Waals surface area contributed by atoms with Crippen LogP contribution in [0.3, 0.4) is 0 Å². The Kier molecular flexibility index (Phi) is 4.07. The number of fused-ring (bicyclic) bond motifs is 1. The summed E-state index contributed by atoms with van der Waals surface area (Å²) in [4.78, 5) is 14.8. The summed E-state index contributed by atoms with van der Waals surface area (Å²) in [6.45, 7) is 1.98. The fraction of sp³-hybridized carbons (Fsp3) is 0.188. The summed E-state index contributed by atoms with van der Waals surface area (Å²) in [5, 5.41) is 11.2. The molecule has 0 atom stereocenters. The maximum Gasteiger partial charge on any atom is 0.417 e. The van der Waals surface area contributed by atoms with Crippen LogP contribution in [0.4, 0.5) is 18.9 Å². The van der Waals surface area contributed by atoms with Crippen LogP contribution in [0.1, 0.15) is 12.5 Å². The first-order chi connectivity index (χ1) is 11.8. The number of nitrogens with zero attached hydrogens (tertiary/aromatic N) is 3. The van der Waals surface area contributed by atoms with E-state index in [1.807, 2.05) is 0 Å². The van der Waals surface area contributed by atoms with Crippen molar-refractivity contribution in [3.8, 4) is 17.0 Å². The normalized spacial score (nSPS) is 11.7. The molecule has 6 nitrogen and oxygen atoms in total. The minimum atomic E-state index is -4.46. The Morgan fingerprint density at radius 1 is 1.24 bits per heavy atom. The summed E-state index contributed by atoms with van der Waals surface area (Å²) in [5.41, 5.74) is 0.00596. The van der Waals surface area contributed by atoms with E-state index in [1.165, 1.54) is 28.8 Å². The van der Waals surface area contributed by atoms with Gasteiger partial charge in [-0.05, 0) is 31.2 Å². The van der Waals surface area contributed by atoms with Gasteiger partial charge in [0.05, 0.1) is 22.8 Å². The van der Waals surface area contributed by atoms with Gasteiger partial charge >= 0.3 is 11.9 Å². The molecule has 0 radical (unpaired) electrons.